The summed E-state index contributed by atoms with van der Waals surface area (Å²) in [7, 11) is 0. The maximum absolute atomic E-state index is 11.9. The lowest BCUT2D eigenvalue weighted by atomic mass is 10.2. The van der Waals surface area contributed by atoms with Gasteiger partial charge in [0, 0.05) is 20.4 Å². The molecule has 0 spiro atoms. The molecule has 3 aromatic rings. The summed E-state index contributed by atoms with van der Waals surface area (Å²) in [5, 5.41) is 20.4. The number of azo groups is 1. The molecule has 2 amide bonds. The Hall–Kier alpha value is -2.78. The molecule has 0 saturated carbocycles. The number of nitrogens with zero attached hydrogens (tertiary/aromatic N) is 2. The molecule has 7 nitrogen and oxygen atoms in total. The third kappa shape index (κ3) is 4.93. The van der Waals surface area contributed by atoms with Gasteiger partial charge >= 0.3 is 0 Å². The molecule has 142 valence electrons. The monoisotopic (exact) mass is 504 g/mol. The Balaban J connectivity index is 1.63. The first-order chi connectivity index (χ1) is 13.4. The second kappa shape index (κ2) is 8.94. The van der Waals surface area contributed by atoms with Crippen molar-refractivity contribution in [3.8, 4) is 5.88 Å². The lowest BCUT2D eigenvalue weighted by Gasteiger charge is -1.98. The minimum Gasteiger partial charge on any atom is -0.493 e. The Morgan fingerprint density at radius 3 is 2.68 bits per heavy atom. The average molecular weight is 506 g/mol. The van der Waals surface area contributed by atoms with Gasteiger partial charge in [-0.15, -0.1) is 10.2 Å². The van der Waals surface area contributed by atoms with Crippen LogP contribution >= 0.6 is 31.9 Å². The molecule has 0 aliphatic rings. The first kappa shape index (κ1) is 20.0. The number of hydrogen-bond donors (Lipinski definition) is 3. The molecule has 0 radical (unpaired) electrons. The number of aromatic amines is 1. The van der Waals surface area contributed by atoms with Crippen molar-refractivity contribution in [2.75, 3.05) is 6.54 Å². The van der Waals surface area contributed by atoms with Crippen molar-refractivity contribution in [3.05, 3.63) is 63.0 Å². The SMILES string of the molecule is O=C(CNC(=O)C=Cc1ccccc1)N=Nc1c(O)[nH]c2c(Br)cc(Br)cc12. The first-order valence-corrected chi connectivity index (χ1v) is 9.68. The first-order valence-electron chi connectivity index (χ1n) is 8.09. The fraction of sp³-hybridized carbons (Fsp3) is 0.0526. The van der Waals surface area contributed by atoms with Gasteiger partial charge in [0.15, 0.2) is 5.69 Å². The number of rotatable bonds is 5. The largest absolute Gasteiger partial charge is 0.493 e. The summed E-state index contributed by atoms with van der Waals surface area (Å²) in [4.78, 5) is 26.4. The van der Waals surface area contributed by atoms with E-state index in [-0.39, 0.29) is 18.1 Å². The number of halogens is 2. The van der Waals surface area contributed by atoms with Crippen LogP contribution in [-0.2, 0) is 9.59 Å². The predicted octanol–water partition coefficient (Wildman–Crippen LogP) is 4.84. The molecule has 0 bridgehead atoms. The number of fused-ring (bicyclic) bond motifs is 1. The number of H-pyrrole nitrogens is 1. The highest BCUT2D eigenvalue weighted by Crippen LogP contribution is 2.40. The Morgan fingerprint density at radius 2 is 1.93 bits per heavy atom. The van der Waals surface area contributed by atoms with Crippen LogP contribution in [0.3, 0.4) is 0 Å². The van der Waals surface area contributed by atoms with Gasteiger partial charge in [0.2, 0.25) is 11.8 Å². The van der Waals surface area contributed by atoms with Crippen molar-refractivity contribution in [3.63, 3.8) is 0 Å². The molecular weight excluding hydrogens is 492 g/mol. The average Bonchev–Trinajstić information content (AvgIpc) is 2.99. The molecule has 3 rings (SSSR count). The summed E-state index contributed by atoms with van der Waals surface area (Å²) < 4.78 is 1.49. The van der Waals surface area contributed by atoms with E-state index in [1.807, 2.05) is 36.4 Å². The lowest BCUT2D eigenvalue weighted by Crippen LogP contribution is -2.26. The number of carbonyl (C=O) groups is 2. The smallest absolute Gasteiger partial charge is 0.283 e. The molecule has 0 aliphatic heterocycles. The number of amides is 2. The molecule has 0 saturated heterocycles. The van der Waals surface area contributed by atoms with Gasteiger partial charge < -0.3 is 15.4 Å². The minimum absolute atomic E-state index is 0.139. The van der Waals surface area contributed by atoms with Crippen molar-refractivity contribution in [2.45, 2.75) is 0 Å². The second-order valence-electron chi connectivity index (χ2n) is 5.69. The topological polar surface area (TPSA) is 107 Å². The normalized spacial score (nSPS) is 11.5. The molecule has 0 unspecified atom stereocenters. The van der Waals surface area contributed by atoms with E-state index >= 15 is 0 Å². The fourth-order valence-corrected chi connectivity index (χ4v) is 3.72. The molecule has 3 N–H and O–H groups in total. The molecule has 0 fully saturated rings. The molecule has 1 aromatic heterocycles. The van der Waals surface area contributed by atoms with E-state index in [9.17, 15) is 14.7 Å². The second-order valence-corrected chi connectivity index (χ2v) is 7.46. The number of aromatic nitrogens is 1. The predicted molar refractivity (Wildman–Crippen MR) is 113 cm³/mol. The molecule has 2 aromatic carbocycles. The van der Waals surface area contributed by atoms with Crippen molar-refractivity contribution in [2.24, 2.45) is 10.2 Å². The van der Waals surface area contributed by atoms with Crippen LogP contribution in [0.15, 0.2) is 67.7 Å². The van der Waals surface area contributed by atoms with Gasteiger partial charge in [-0.1, -0.05) is 46.3 Å². The Morgan fingerprint density at radius 1 is 1.18 bits per heavy atom. The summed E-state index contributed by atoms with van der Waals surface area (Å²) in [5.74, 6) is -1.28. The van der Waals surface area contributed by atoms with E-state index in [4.69, 9.17) is 0 Å². The van der Waals surface area contributed by atoms with E-state index in [1.54, 1.807) is 12.1 Å². The van der Waals surface area contributed by atoms with Gasteiger partial charge in [0.25, 0.3) is 5.91 Å². The molecule has 0 atom stereocenters. The summed E-state index contributed by atoms with van der Waals surface area (Å²) in [6.45, 7) is -0.308. The van der Waals surface area contributed by atoms with Crippen LogP contribution in [0.2, 0.25) is 0 Å². The maximum Gasteiger partial charge on any atom is 0.283 e. The third-order valence-electron chi connectivity index (χ3n) is 3.68. The number of carbonyl (C=O) groups excluding carboxylic acids is 2. The van der Waals surface area contributed by atoms with Gasteiger partial charge in [0.05, 0.1) is 5.52 Å². The zero-order valence-corrected chi connectivity index (χ0v) is 17.5. The Bertz CT molecular complexity index is 1090. The number of nitrogens with one attached hydrogen (secondary N) is 2. The molecule has 0 aliphatic carbocycles. The van der Waals surface area contributed by atoms with E-state index in [0.29, 0.717) is 10.9 Å². The zero-order chi connectivity index (χ0) is 20.1. The number of aromatic hydroxyl groups is 1. The van der Waals surface area contributed by atoms with Gasteiger partial charge in [-0.25, -0.2) is 0 Å². The molecular formula is C19H14Br2N4O3. The van der Waals surface area contributed by atoms with Gasteiger partial charge in [-0.2, -0.15) is 0 Å². The molecule has 28 heavy (non-hydrogen) atoms. The van der Waals surface area contributed by atoms with Crippen LogP contribution in [-0.4, -0.2) is 28.4 Å². The molecule has 9 heteroatoms. The van der Waals surface area contributed by atoms with Gasteiger partial charge in [-0.05, 0) is 39.7 Å². The third-order valence-corrected chi connectivity index (χ3v) is 4.76. The van der Waals surface area contributed by atoms with Crippen LogP contribution in [0.4, 0.5) is 5.69 Å². The lowest BCUT2D eigenvalue weighted by molar-refractivity contribution is -0.122. The number of benzene rings is 2. The van der Waals surface area contributed by atoms with Gasteiger partial charge in [0.1, 0.15) is 6.54 Å². The van der Waals surface area contributed by atoms with E-state index in [0.717, 1.165) is 14.5 Å². The van der Waals surface area contributed by atoms with Crippen LogP contribution in [0.1, 0.15) is 5.56 Å². The maximum atomic E-state index is 11.9. The highest BCUT2D eigenvalue weighted by molar-refractivity contribution is 9.11. The van der Waals surface area contributed by atoms with Crippen molar-refractivity contribution >= 4 is 66.3 Å². The summed E-state index contributed by atoms with van der Waals surface area (Å²) in [6.07, 6.45) is 2.97. The Kier molecular flexibility index (Phi) is 6.37. The molecule has 1 heterocycles. The summed E-state index contributed by atoms with van der Waals surface area (Å²) >= 11 is 6.74. The van der Waals surface area contributed by atoms with Crippen molar-refractivity contribution in [1.29, 1.82) is 0 Å². The minimum atomic E-state index is -0.649. The van der Waals surface area contributed by atoms with Crippen molar-refractivity contribution < 1.29 is 14.7 Å². The van der Waals surface area contributed by atoms with Crippen LogP contribution in [0.5, 0.6) is 5.88 Å². The highest BCUT2D eigenvalue weighted by Gasteiger charge is 2.14. The number of hydrogen-bond acceptors (Lipinski definition) is 4. The van der Waals surface area contributed by atoms with Crippen molar-refractivity contribution in [1.82, 2.24) is 10.3 Å². The van der Waals surface area contributed by atoms with Gasteiger partial charge in [-0.3, -0.25) is 9.59 Å². The quantitative estimate of drug-likeness (QED) is 0.341. The zero-order valence-electron chi connectivity index (χ0n) is 14.3. The van der Waals surface area contributed by atoms with Crippen LogP contribution in [0.25, 0.3) is 17.0 Å². The summed E-state index contributed by atoms with van der Waals surface area (Å²) in [5.41, 5.74) is 1.64. The Labute approximate surface area is 176 Å². The van der Waals surface area contributed by atoms with Crippen LogP contribution < -0.4 is 5.32 Å². The fourth-order valence-electron chi connectivity index (χ4n) is 2.39. The summed E-state index contributed by atoms with van der Waals surface area (Å²) in [6, 6.07) is 12.9. The van der Waals surface area contributed by atoms with E-state index in [2.05, 4.69) is 52.4 Å². The van der Waals surface area contributed by atoms with E-state index < -0.39 is 11.8 Å². The van der Waals surface area contributed by atoms with E-state index in [1.165, 1.54) is 6.08 Å². The standard InChI is InChI=1S/C19H14Br2N4O3/c20-12-8-13-17(14(21)9-12)23-19(28)18(13)25-24-16(27)10-22-15(26)7-6-11-4-2-1-3-5-11/h1-9,23,28H,10H2,(H,22,26). The highest BCUT2D eigenvalue weighted by atomic mass is 79.9. The van der Waals surface area contributed by atoms with Crippen LogP contribution in [0, 0.1) is 0 Å².